The molecule has 0 unspecified atom stereocenters. The Morgan fingerprint density at radius 1 is 1.05 bits per heavy atom. The highest BCUT2D eigenvalue weighted by Crippen LogP contribution is 2.21. The van der Waals surface area contributed by atoms with Gasteiger partial charge in [-0.25, -0.2) is 13.2 Å². The van der Waals surface area contributed by atoms with Crippen molar-refractivity contribution in [2.75, 3.05) is 11.8 Å². The van der Waals surface area contributed by atoms with E-state index in [0.717, 1.165) is 5.56 Å². The predicted octanol–water partition coefficient (Wildman–Crippen LogP) is 2.89. The number of sulfonamides is 1. The molecule has 0 atom stereocenters. The number of carbonyl (C=O) groups is 1. The lowest BCUT2D eigenvalue weighted by atomic mass is 10.1. The summed E-state index contributed by atoms with van der Waals surface area (Å²) < 4.78 is 31.8. The molecule has 0 amide bonds. The van der Waals surface area contributed by atoms with Crippen LogP contribution >= 0.6 is 0 Å². The minimum atomic E-state index is -3.66. The maximum absolute atomic E-state index is 12.3. The molecular formula is C16H17NO4S. The first-order valence-corrected chi connectivity index (χ1v) is 8.10. The smallest absolute Gasteiger partial charge is 0.337 e. The predicted molar refractivity (Wildman–Crippen MR) is 84.5 cm³/mol. The van der Waals surface area contributed by atoms with Crippen LogP contribution in [-0.4, -0.2) is 21.5 Å². The molecule has 0 fully saturated rings. The molecule has 0 spiro atoms. The summed E-state index contributed by atoms with van der Waals surface area (Å²) in [5, 5.41) is 0. The molecule has 0 saturated heterocycles. The van der Waals surface area contributed by atoms with Crippen LogP contribution in [0.5, 0.6) is 0 Å². The number of hydrogen-bond donors (Lipinski definition) is 1. The number of carbonyl (C=O) groups excluding carboxylic acids is 1. The zero-order valence-electron chi connectivity index (χ0n) is 12.6. The largest absolute Gasteiger partial charge is 0.465 e. The Bertz CT molecular complexity index is 795. The Labute approximate surface area is 130 Å². The van der Waals surface area contributed by atoms with Gasteiger partial charge in [-0.15, -0.1) is 0 Å². The van der Waals surface area contributed by atoms with Crippen LogP contribution in [0.25, 0.3) is 0 Å². The van der Waals surface area contributed by atoms with Gasteiger partial charge in [-0.2, -0.15) is 0 Å². The monoisotopic (exact) mass is 319 g/mol. The first kappa shape index (κ1) is 16.0. The molecule has 5 nitrogen and oxygen atoms in total. The molecule has 6 heteroatoms. The third-order valence-corrected chi connectivity index (χ3v) is 4.60. The number of esters is 1. The van der Waals surface area contributed by atoms with E-state index in [9.17, 15) is 13.2 Å². The molecule has 2 aromatic carbocycles. The van der Waals surface area contributed by atoms with Crippen LogP contribution in [0.2, 0.25) is 0 Å². The first-order valence-electron chi connectivity index (χ1n) is 6.62. The van der Waals surface area contributed by atoms with Crippen LogP contribution < -0.4 is 4.72 Å². The van der Waals surface area contributed by atoms with E-state index in [1.54, 1.807) is 43.3 Å². The summed E-state index contributed by atoms with van der Waals surface area (Å²) in [5.74, 6) is -0.462. The summed E-state index contributed by atoms with van der Waals surface area (Å²) >= 11 is 0. The van der Waals surface area contributed by atoms with Gasteiger partial charge in [0.05, 0.1) is 23.3 Å². The second-order valence-electron chi connectivity index (χ2n) is 4.94. The molecule has 0 bridgehead atoms. The van der Waals surface area contributed by atoms with Crippen molar-refractivity contribution in [2.45, 2.75) is 18.7 Å². The summed E-state index contributed by atoms with van der Waals surface area (Å²) in [6.07, 6.45) is 0. The SMILES string of the molecule is COC(=O)c1ccc(NS(=O)(=O)c2ccc(C)cc2)c(C)c1. The average molecular weight is 319 g/mol. The van der Waals surface area contributed by atoms with Crippen molar-refractivity contribution in [3.05, 3.63) is 59.2 Å². The van der Waals surface area contributed by atoms with Crippen LogP contribution in [0.1, 0.15) is 21.5 Å². The van der Waals surface area contributed by atoms with Gasteiger partial charge in [-0.1, -0.05) is 17.7 Å². The Morgan fingerprint density at radius 3 is 2.23 bits per heavy atom. The number of nitrogens with one attached hydrogen (secondary N) is 1. The summed E-state index contributed by atoms with van der Waals surface area (Å²) in [6, 6.07) is 11.2. The Kier molecular flexibility index (Phi) is 4.51. The number of rotatable bonds is 4. The highest BCUT2D eigenvalue weighted by Gasteiger charge is 2.16. The number of aryl methyl sites for hydroxylation is 2. The summed E-state index contributed by atoms with van der Waals surface area (Å²) in [6.45, 7) is 3.61. The van der Waals surface area contributed by atoms with Crippen molar-refractivity contribution >= 4 is 21.7 Å². The molecule has 0 aliphatic heterocycles. The third kappa shape index (κ3) is 3.46. The Morgan fingerprint density at radius 2 is 1.68 bits per heavy atom. The van der Waals surface area contributed by atoms with Gasteiger partial charge in [-0.05, 0) is 49.7 Å². The number of ether oxygens (including phenoxy) is 1. The van der Waals surface area contributed by atoms with Crippen LogP contribution in [0, 0.1) is 13.8 Å². The fraction of sp³-hybridized carbons (Fsp3) is 0.188. The standard InChI is InChI=1S/C16H17NO4S/c1-11-4-7-14(8-5-11)22(19,20)17-15-9-6-13(10-12(15)2)16(18)21-3/h4-10,17H,1-3H3. The topological polar surface area (TPSA) is 72.5 Å². The first-order chi connectivity index (χ1) is 10.3. The second-order valence-corrected chi connectivity index (χ2v) is 6.62. The van der Waals surface area contributed by atoms with Gasteiger partial charge < -0.3 is 4.74 Å². The third-order valence-electron chi connectivity index (χ3n) is 3.22. The van der Waals surface area contributed by atoms with Gasteiger partial charge in [0, 0.05) is 0 Å². The van der Waals surface area contributed by atoms with Crippen molar-refractivity contribution in [3.63, 3.8) is 0 Å². The van der Waals surface area contributed by atoms with E-state index >= 15 is 0 Å². The molecule has 2 rings (SSSR count). The van der Waals surface area contributed by atoms with E-state index in [1.807, 2.05) is 6.92 Å². The summed E-state index contributed by atoms with van der Waals surface area (Å²) in [4.78, 5) is 11.6. The van der Waals surface area contributed by atoms with E-state index in [0.29, 0.717) is 16.8 Å². The van der Waals surface area contributed by atoms with Crippen molar-refractivity contribution in [1.82, 2.24) is 0 Å². The fourth-order valence-corrected chi connectivity index (χ4v) is 3.07. The minimum absolute atomic E-state index is 0.189. The van der Waals surface area contributed by atoms with E-state index in [4.69, 9.17) is 0 Å². The van der Waals surface area contributed by atoms with E-state index in [1.165, 1.54) is 13.2 Å². The maximum atomic E-state index is 12.3. The van der Waals surface area contributed by atoms with Gasteiger partial charge in [-0.3, -0.25) is 4.72 Å². The molecule has 0 radical (unpaired) electrons. The van der Waals surface area contributed by atoms with Crippen LogP contribution in [0.4, 0.5) is 5.69 Å². The highest BCUT2D eigenvalue weighted by atomic mass is 32.2. The van der Waals surface area contributed by atoms with Gasteiger partial charge in [0.25, 0.3) is 10.0 Å². The van der Waals surface area contributed by atoms with Gasteiger partial charge in [0.2, 0.25) is 0 Å². The molecule has 116 valence electrons. The number of benzene rings is 2. The van der Waals surface area contributed by atoms with E-state index < -0.39 is 16.0 Å². The number of methoxy groups -OCH3 is 1. The number of hydrogen-bond acceptors (Lipinski definition) is 4. The van der Waals surface area contributed by atoms with Crippen molar-refractivity contribution in [1.29, 1.82) is 0 Å². The van der Waals surface area contributed by atoms with E-state index in [2.05, 4.69) is 9.46 Å². The number of anilines is 1. The quantitative estimate of drug-likeness (QED) is 0.880. The molecular weight excluding hydrogens is 302 g/mol. The molecule has 2 aromatic rings. The fourth-order valence-electron chi connectivity index (χ4n) is 1.94. The van der Waals surface area contributed by atoms with Gasteiger partial charge in [0.15, 0.2) is 0 Å². The van der Waals surface area contributed by atoms with E-state index in [-0.39, 0.29) is 4.90 Å². The Hall–Kier alpha value is -2.34. The van der Waals surface area contributed by atoms with Crippen molar-refractivity contribution in [3.8, 4) is 0 Å². The van der Waals surface area contributed by atoms with Crippen LogP contribution in [0.15, 0.2) is 47.4 Å². The average Bonchev–Trinajstić information content (AvgIpc) is 2.48. The van der Waals surface area contributed by atoms with Crippen molar-refractivity contribution < 1.29 is 17.9 Å². The zero-order valence-corrected chi connectivity index (χ0v) is 13.4. The Balaban J connectivity index is 2.30. The second kappa shape index (κ2) is 6.19. The molecule has 0 aliphatic rings. The summed E-state index contributed by atoms with van der Waals surface area (Å²) in [5.41, 5.74) is 2.42. The lowest BCUT2D eigenvalue weighted by Gasteiger charge is -2.11. The summed E-state index contributed by atoms with van der Waals surface area (Å²) in [7, 11) is -2.36. The van der Waals surface area contributed by atoms with Crippen LogP contribution in [-0.2, 0) is 14.8 Å². The molecule has 22 heavy (non-hydrogen) atoms. The highest BCUT2D eigenvalue weighted by molar-refractivity contribution is 7.92. The zero-order chi connectivity index (χ0) is 16.3. The van der Waals surface area contributed by atoms with Gasteiger partial charge in [0.1, 0.15) is 0 Å². The molecule has 0 aromatic heterocycles. The normalized spacial score (nSPS) is 11.0. The molecule has 0 heterocycles. The molecule has 0 aliphatic carbocycles. The maximum Gasteiger partial charge on any atom is 0.337 e. The lowest BCUT2D eigenvalue weighted by Crippen LogP contribution is -2.14. The molecule has 0 saturated carbocycles. The molecule has 1 N–H and O–H groups in total. The minimum Gasteiger partial charge on any atom is -0.465 e. The van der Waals surface area contributed by atoms with Gasteiger partial charge >= 0.3 is 5.97 Å². The van der Waals surface area contributed by atoms with Crippen molar-refractivity contribution in [2.24, 2.45) is 0 Å². The van der Waals surface area contributed by atoms with Crippen LogP contribution in [0.3, 0.4) is 0 Å². The lowest BCUT2D eigenvalue weighted by molar-refractivity contribution is 0.0600.